The van der Waals surface area contributed by atoms with Crippen LogP contribution in [-0.2, 0) is 6.42 Å². The van der Waals surface area contributed by atoms with E-state index in [0.29, 0.717) is 28.3 Å². The number of aliphatic hydroxyl groups excluding tert-OH is 1. The number of hydrogen-bond acceptors (Lipinski definition) is 3. The predicted molar refractivity (Wildman–Crippen MR) is 84.2 cm³/mol. The fourth-order valence-electron chi connectivity index (χ4n) is 1.97. The summed E-state index contributed by atoms with van der Waals surface area (Å²) in [5.74, 6) is -0.222. The van der Waals surface area contributed by atoms with E-state index in [0.717, 1.165) is 10.0 Å². The Hall–Kier alpha value is -1.36. The molecule has 5 heteroatoms. The van der Waals surface area contributed by atoms with Crippen LogP contribution in [-0.4, -0.2) is 17.5 Å². The maximum absolute atomic E-state index is 12.5. The molecule has 0 spiro atoms. The van der Waals surface area contributed by atoms with Gasteiger partial charge in [0.15, 0.2) is 5.78 Å². The van der Waals surface area contributed by atoms with Crippen molar-refractivity contribution in [2.75, 3.05) is 12.3 Å². The second kappa shape index (κ2) is 6.39. The van der Waals surface area contributed by atoms with Gasteiger partial charge in [-0.2, -0.15) is 0 Å². The van der Waals surface area contributed by atoms with Gasteiger partial charge < -0.3 is 10.8 Å². The molecule has 2 aromatic rings. The Labute approximate surface area is 130 Å². The number of nitrogen functional groups attached to an aromatic ring is 1. The van der Waals surface area contributed by atoms with Gasteiger partial charge in [-0.05, 0) is 36.2 Å². The molecule has 104 valence electrons. The Kier molecular flexibility index (Phi) is 4.81. The average molecular weight is 355 g/mol. The van der Waals surface area contributed by atoms with Gasteiger partial charge in [-0.25, -0.2) is 0 Å². The predicted octanol–water partition coefficient (Wildman–Crippen LogP) is 3.45. The van der Waals surface area contributed by atoms with E-state index in [1.165, 1.54) is 0 Å². The third kappa shape index (κ3) is 3.03. The Balaban J connectivity index is 2.45. The zero-order valence-electron chi connectivity index (χ0n) is 10.6. The minimum absolute atomic E-state index is 0.0130. The topological polar surface area (TPSA) is 63.3 Å². The van der Waals surface area contributed by atoms with Crippen molar-refractivity contribution in [1.29, 1.82) is 0 Å². The molecule has 20 heavy (non-hydrogen) atoms. The third-order valence-electron chi connectivity index (χ3n) is 3.00. The number of anilines is 1. The van der Waals surface area contributed by atoms with Gasteiger partial charge in [-0.3, -0.25) is 4.79 Å². The summed E-state index contributed by atoms with van der Waals surface area (Å²) in [6.45, 7) is -0.0130. The Morgan fingerprint density at radius 2 is 2.00 bits per heavy atom. The number of carbonyl (C=O) groups is 1. The van der Waals surface area contributed by atoms with Gasteiger partial charge >= 0.3 is 0 Å². The van der Waals surface area contributed by atoms with Crippen molar-refractivity contribution in [3.8, 4) is 0 Å². The Morgan fingerprint density at radius 3 is 2.65 bits per heavy atom. The summed E-state index contributed by atoms with van der Waals surface area (Å²) in [6, 6.07) is 10.3. The number of aliphatic hydroxyl groups is 1. The first-order valence-electron chi connectivity index (χ1n) is 6.02. The van der Waals surface area contributed by atoms with Crippen LogP contribution < -0.4 is 5.73 Å². The molecular weight excluding hydrogens is 342 g/mol. The molecule has 0 amide bonds. The van der Waals surface area contributed by atoms with Crippen molar-refractivity contribution in [3.63, 3.8) is 0 Å². The molecule has 0 aliphatic heterocycles. The number of halogens is 2. The number of carbonyl (C=O) groups excluding carboxylic acids is 1. The summed E-state index contributed by atoms with van der Waals surface area (Å²) in [5.41, 5.74) is 7.96. The molecule has 0 bridgehead atoms. The molecule has 0 unspecified atom stereocenters. The van der Waals surface area contributed by atoms with E-state index in [9.17, 15) is 4.79 Å². The van der Waals surface area contributed by atoms with Crippen molar-refractivity contribution in [2.24, 2.45) is 0 Å². The lowest BCUT2D eigenvalue weighted by atomic mass is 9.98. The highest BCUT2D eigenvalue weighted by Gasteiger charge is 2.17. The highest BCUT2D eigenvalue weighted by atomic mass is 79.9. The molecule has 0 aromatic heterocycles. The molecule has 0 atom stereocenters. The monoisotopic (exact) mass is 353 g/mol. The molecule has 0 aliphatic carbocycles. The maximum atomic E-state index is 12.5. The van der Waals surface area contributed by atoms with Crippen LogP contribution in [0.2, 0.25) is 5.02 Å². The summed E-state index contributed by atoms with van der Waals surface area (Å²) in [6.07, 6.45) is 0.418. The van der Waals surface area contributed by atoms with E-state index in [1.807, 2.05) is 0 Å². The van der Waals surface area contributed by atoms with Gasteiger partial charge in [0.05, 0.1) is 5.02 Å². The second-order valence-corrected chi connectivity index (χ2v) is 5.63. The van der Waals surface area contributed by atoms with Crippen LogP contribution in [0.4, 0.5) is 5.69 Å². The molecule has 2 rings (SSSR count). The van der Waals surface area contributed by atoms with E-state index >= 15 is 0 Å². The summed E-state index contributed by atoms with van der Waals surface area (Å²) in [7, 11) is 0. The number of hydrogen-bond donors (Lipinski definition) is 2. The highest BCUT2D eigenvalue weighted by molar-refractivity contribution is 9.10. The van der Waals surface area contributed by atoms with Crippen molar-refractivity contribution in [3.05, 3.63) is 62.6 Å². The number of rotatable bonds is 4. The molecule has 0 fully saturated rings. The lowest BCUT2D eigenvalue weighted by Crippen LogP contribution is -2.09. The second-order valence-electron chi connectivity index (χ2n) is 4.31. The molecule has 3 N–H and O–H groups in total. The fourth-order valence-corrected chi connectivity index (χ4v) is 2.73. The lowest BCUT2D eigenvalue weighted by molar-refractivity contribution is 0.103. The third-order valence-corrected chi connectivity index (χ3v) is 3.80. The van der Waals surface area contributed by atoms with Crippen molar-refractivity contribution in [1.82, 2.24) is 0 Å². The molecule has 0 heterocycles. The summed E-state index contributed by atoms with van der Waals surface area (Å²) < 4.78 is 0.807. The van der Waals surface area contributed by atoms with Gasteiger partial charge in [0, 0.05) is 27.9 Å². The average Bonchev–Trinajstić information content (AvgIpc) is 2.41. The van der Waals surface area contributed by atoms with Gasteiger partial charge in [-0.15, -0.1) is 0 Å². The van der Waals surface area contributed by atoms with E-state index in [2.05, 4.69) is 15.9 Å². The number of ketones is 1. The van der Waals surface area contributed by atoms with Crippen LogP contribution in [0.3, 0.4) is 0 Å². The fraction of sp³-hybridized carbons (Fsp3) is 0.133. The van der Waals surface area contributed by atoms with Gasteiger partial charge in [0.1, 0.15) is 0 Å². The van der Waals surface area contributed by atoms with E-state index in [1.54, 1.807) is 36.4 Å². The first kappa shape index (κ1) is 15.0. The molecule has 3 nitrogen and oxygen atoms in total. The van der Waals surface area contributed by atoms with Crippen LogP contribution in [0.5, 0.6) is 0 Å². The van der Waals surface area contributed by atoms with Crippen LogP contribution in [0.15, 0.2) is 40.9 Å². The quantitative estimate of drug-likeness (QED) is 0.653. The van der Waals surface area contributed by atoms with Crippen LogP contribution in [0, 0.1) is 0 Å². The van der Waals surface area contributed by atoms with Gasteiger partial charge in [-0.1, -0.05) is 39.7 Å². The first-order chi connectivity index (χ1) is 9.54. The molecule has 0 aliphatic rings. The van der Waals surface area contributed by atoms with Crippen molar-refractivity contribution >= 4 is 39.0 Å². The number of benzene rings is 2. The van der Waals surface area contributed by atoms with E-state index in [4.69, 9.17) is 22.4 Å². The zero-order chi connectivity index (χ0) is 14.7. The number of nitrogens with two attached hydrogens (primary N) is 1. The molecule has 0 saturated heterocycles. The van der Waals surface area contributed by atoms with Gasteiger partial charge in [0.25, 0.3) is 0 Å². The Bertz CT molecular complexity index is 658. The smallest absolute Gasteiger partial charge is 0.196 e. The Morgan fingerprint density at radius 1 is 1.25 bits per heavy atom. The molecule has 0 radical (unpaired) electrons. The van der Waals surface area contributed by atoms with Gasteiger partial charge in [0.2, 0.25) is 0 Å². The number of para-hydroxylation sites is 1. The summed E-state index contributed by atoms with van der Waals surface area (Å²) in [5, 5.41) is 9.37. The molecule has 0 saturated carbocycles. The van der Waals surface area contributed by atoms with E-state index in [-0.39, 0.29) is 12.4 Å². The minimum Gasteiger partial charge on any atom is -0.398 e. The largest absolute Gasteiger partial charge is 0.398 e. The molecular formula is C15H13BrClNO2. The van der Waals surface area contributed by atoms with Crippen LogP contribution in [0.1, 0.15) is 21.5 Å². The van der Waals surface area contributed by atoms with Crippen molar-refractivity contribution < 1.29 is 9.90 Å². The highest BCUT2D eigenvalue weighted by Crippen LogP contribution is 2.27. The zero-order valence-corrected chi connectivity index (χ0v) is 12.9. The van der Waals surface area contributed by atoms with Crippen LogP contribution in [0.25, 0.3) is 0 Å². The normalized spacial score (nSPS) is 10.6. The minimum atomic E-state index is -0.222. The SMILES string of the molecule is Nc1c(CCO)cccc1C(=O)c1ccc(Br)cc1Cl. The first-order valence-corrected chi connectivity index (χ1v) is 7.19. The summed E-state index contributed by atoms with van der Waals surface area (Å²) in [4.78, 5) is 12.5. The maximum Gasteiger partial charge on any atom is 0.196 e. The van der Waals surface area contributed by atoms with Crippen molar-refractivity contribution in [2.45, 2.75) is 6.42 Å². The van der Waals surface area contributed by atoms with E-state index < -0.39 is 0 Å². The molecule has 2 aromatic carbocycles. The summed E-state index contributed by atoms with van der Waals surface area (Å²) >= 11 is 9.40. The lowest BCUT2D eigenvalue weighted by Gasteiger charge is -2.10. The standard InChI is InChI=1S/C15H13BrClNO2/c16-10-4-5-11(13(17)8-10)15(20)12-3-1-2-9(6-7-19)14(12)18/h1-5,8,19H,6-7,18H2. The van der Waals surface area contributed by atoms with Crippen LogP contribution >= 0.6 is 27.5 Å².